The molecule has 1 rings (SSSR count). The molecule has 8 amide bonds. The molecule has 28 heteroatoms. The number of thiol groups is 3. The minimum atomic E-state index is -1.36. The number of amides is 8. The quantitative estimate of drug-likeness (QED) is 0.0136. The summed E-state index contributed by atoms with van der Waals surface area (Å²) in [5.41, 5.74) is 28.3. The predicted molar refractivity (Wildman–Crippen MR) is 283 cm³/mol. The number of rotatable bonds is 34. The standard InChI is InChI=1S/C44H75N15O10S3/c1-5-24(4)34(59-40(66)31(21-71)56-35(61)26(45)13-9-15-50-43(46)47)41(67)57-30(20-70)39(65)54-27(14-10-16-51-44(48)49)37(63)55-28(17-23(2)3)36(62)52-19-33(60)53-29(18-25-11-7-6-8-12-25)38(64)58-32(22-72)42(68)69/h6-8,11-12,23-24,26-32,34,70-72H,5,9-10,13-22,45H2,1-4H3,(H,52,62)(H,53,60)(H,54,65)(H,55,63)(H,56,61)(H,57,67)(H,58,64)(H,59,66)(H,68,69)(H4,46,47,50)(H4,48,49,51)/t24-,26-,27-,28-,29-,30-,31-,32-,34-/m0/s1. The average Bonchev–Trinajstić information content (AvgIpc) is 3.33. The molecule has 19 N–H and O–H groups in total. The average molecular weight is 1070 g/mol. The van der Waals surface area contributed by atoms with E-state index in [2.05, 4.69) is 90.4 Å². The van der Waals surface area contributed by atoms with Crippen LogP contribution in [0, 0.1) is 11.8 Å². The van der Waals surface area contributed by atoms with E-state index in [9.17, 15) is 48.3 Å². The Hall–Kier alpha value is -6.00. The Morgan fingerprint density at radius 2 is 1.06 bits per heavy atom. The first-order valence-corrected chi connectivity index (χ1v) is 25.2. The van der Waals surface area contributed by atoms with Crippen LogP contribution in [0.2, 0.25) is 0 Å². The number of nitrogens with zero attached hydrogens (tertiary/aromatic N) is 2. The lowest BCUT2D eigenvalue weighted by molar-refractivity contribution is -0.141. The highest BCUT2D eigenvalue weighted by atomic mass is 32.1. The highest BCUT2D eigenvalue weighted by Gasteiger charge is 2.35. The molecule has 72 heavy (non-hydrogen) atoms. The van der Waals surface area contributed by atoms with E-state index in [1.54, 1.807) is 58.0 Å². The third kappa shape index (κ3) is 24.9. The molecule has 0 heterocycles. The summed E-state index contributed by atoms with van der Waals surface area (Å²) in [5.74, 6) is -9.12. The van der Waals surface area contributed by atoms with E-state index in [0.717, 1.165) is 0 Å². The number of aliphatic imine (C=N–C) groups is 2. The molecule has 0 unspecified atom stereocenters. The van der Waals surface area contributed by atoms with Gasteiger partial charge >= 0.3 is 5.97 Å². The molecule has 0 saturated carbocycles. The smallest absolute Gasteiger partial charge is 0.327 e. The van der Waals surface area contributed by atoms with Gasteiger partial charge in [-0.15, -0.1) is 0 Å². The van der Waals surface area contributed by atoms with Crippen LogP contribution in [0.15, 0.2) is 40.3 Å². The highest BCUT2D eigenvalue weighted by Crippen LogP contribution is 2.12. The van der Waals surface area contributed by atoms with Gasteiger partial charge in [0.1, 0.15) is 42.3 Å². The number of benzene rings is 1. The molecule has 0 saturated heterocycles. The number of carboxylic acid groups (broad SMARTS) is 1. The molecule has 0 bridgehead atoms. The summed E-state index contributed by atoms with van der Waals surface area (Å²) in [5, 5.41) is 29.8. The van der Waals surface area contributed by atoms with E-state index >= 15 is 0 Å². The zero-order valence-electron chi connectivity index (χ0n) is 41.1. The van der Waals surface area contributed by atoms with E-state index in [1.807, 2.05) is 0 Å². The second kappa shape index (κ2) is 34.4. The summed E-state index contributed by atoms with van der Waals surface area (Å²) in [6.07, 6.45) is 1.18. The van der Waals surface area contributed by atoms with Crippen LogP contribution < -0.4 is 71.2 Å². The predicted octanol–water partition coefficient (Wildman–Crippen LogP) is -3.86. The monoisotopic (exact) mass is 1070 g/mol. The first-order chi connectivity index (χ1) is 34.0. The molecule has 0 aromatic heterocycles. The molecule has 0 aliphatic heterocycles. The summed E-state index contributed by atoms with van der Waals surface area (Å²) in [6, 6.07) is -1.29. The number of nitrogens with two attached hydrogens (primary N) is 5. The lowest BCUT2D eigenvalue weighted by atomic mass is 9.97. The largest absolute Gasteiger partial charge is 0.480 e. The fourth-order valence-corrected chi connectivity index (χ4v) is 7.37. The maximum Gasteiger partial charge on any atom is 0.327 e. The van der Waals surface area contributed by atoms with Crippen molar-refractivity contribution in [1.82, 2.24) is 42.5 Å². The van der Waals surface area contributed by atoms with E-state index in [4.69, 9.17) is 28.7 Å². The summed E-state index contributed by atoms with van der Waals surface area (Å²) in [7, 11) is 0. The number of carbonyl (C=O) groups is 9. The van der Waals surface area contributed by atoms with E-state index in [-0.39, 0.29) is 80.3 Å². The van der Waals surface area contributed by atoms with Gasteiger partial charge in [0.05, 0.1) is 12.6 Å². The van der Waals surface area contributed by atoms with Crippen molar-refractivity contribution in [1.29, 1.82) is 0 Å². The summed E-state index contributed by atoms with van der Waals surface area (Å²) >= 11 is 12.5. The molecular formula is C44H75N15O10S3. The molecule has 1 aromatic rings. The third-order valence-electron chi connectivity index (χ3n) is 10.8. The van der Waals surface area contributed by atoms with Crippen LogP contribution in [0.4, 0.5) is 0 Å². The maximum absolute atomic E-state index is 14.0. The second-order valence-electron chi connectivity index (χ2n) is 17.2. The van der Waals surface area contributed by atoms with Gasteiger partial charge < -0.3 is 76.3 Å². The minimum absolute atomic E-state index is 0.0141. The Labute approximate surface area is 436 Å². The molecule has 25 nitrogen and oxygen atoms in total. The molecule has 0 spiro atoms. The van der Waals surface area contributed by atoms with E-state index in [1.165, 1.54) is 0 Å². The second-order valence-corrected chi connectivity index (χ2v) is 18.3. The van der Waals surface area contributed by atoms with Crippen molar-refractivity contribution in [2.24, 2.45) is 50.5 Å². The zero-order chi connectivity index (χ0) is 54.5. The summed E-state index contributed by atoms with van der Waals surface area (Å²) < 4.78 is 0. The van der Waals surface area contributed by atoms with Crippen molar-refractivity contribution in [2.45, 2.75) is 121 Å². The molecule has 0 radical (unpaired) electrons. The SMILES string of the molecule is CC[C@H](C)[C@H](NC(=O)[C@H](CS)NC(=O)[C@@H](N)CCCN=C(N)N)C(=O)N[C@@H](CS)C(=O)N[C@@H](CCCN=C(N)N)C(=O)N[C@@H](CC(C)C)C(=O)NCC(=O)N[C@@H](Cc1ccccc1)C(=O)N[C@@H](CS)C(=O)O. The summed E-state index contributed by atoms with van der Waals surface area (Å²) in [4.78, 5) is 127. The van der Waals surface area contributed by atoms with Crippen molar-refractivity contribution in [3.63, 3.8) is 0 Å². The number of carboxylic acids is 1. The fourth-order valence-electron chi connectivity index (χ4n) is 6.61. The lowest BCUT2D eigenvalue weighted by Crippen LogP contribution is -2.61. The van der Waals surface area contributed by atoms with Crippen molar-refractivity contribution in [3.8, 4) is 0 Å². The van der Waals surface area contributed by atoms with Crippen LogP contribution in [-0.2, 0) is 49.6 Å². The van der Waals surface area contributed by atoms with Gasteiger partial charge in [-0.25, -0.2) is 4.79 Å². The van der Waals surface area contributed by atoms with Crippen LogP contribution in [0.5, 0.6) is 0 Å². The minimum Gasteiger partial charge on any atom is -0.480 e. The third-order valence-corrected chi connectivity index (χ3v) is 11.9. The van der Waals surface area contributed by atoms with E-state index < -0.39 is 114 Å². The van der Waals surface area contributed by atoms with Crippen LogP contribution >= 0.6 is 37.9 Å². The molecule has 0 aliphatic rings. The number of nitrogens with one attached hydrogen (secondary N) is 8. The van der Waals surface area contributed by atoms with Gasteiger partial charge in [-0.1, -0.05) is 64.4 Å². The lowest BCUT2D eigenvalue weighted by Gasteiger charge is -2.29. The van der Waals surface area contributed by atoms with Gasteiger partial charge in [-0.2, -0.15) is 37.9 Å². The Morgan fingerprint density at radius 3 is 1.57 bits per heavy atom. The normalized spacial score (nSPS) is 14.7. The number of hydrogen-bond acceptors (Lipinski definition) is 15. The van der Waals surface area contributed by atoms with E-state index in [0.29, 0.717) is 18.4 Å². The number of aliphatic carboxylic acids is 1. The highest BCUT2D eigenvalue weighted by molar-refractivity contribution is 7.80. The Balaban J connectivity index is 3.24. The van der Waals surface area contributed by atoms with Crippen LogP contribution in [0.3, 0.4) is 0 Å². The van der Waals surface area contributed by atoms with Crippen LogP contribution in [0.25, 0.3) is 0 Å². The zero-order valence-corrected chi connectivity index (χ0v) is 43.8. The van der Waals surface area contributed by atoms with Gasteiger partial charge in [0.25, 0.3) is 0 Å². The maximum atomic E-state index is 14.0. The first kappa shape index (κ1) is 64.0. The molecular weight excluding hydrogens is 995 g/mol. The van der Waals surface area contributed by atoms with Gasteiger partial charge in [0.2, 0.25) is 47.3 Å². The molecule has 1 aromatic carbocycles. The number of hydrogen-bond donors (Lipinski definition) is 17. The van der Waals surface area contributed by atoms with Gasteiger partial charge in [0.15, 0.2) is 11.9 Å². The fraction of sp³-hybridized carbons (Fsp3) is 0.614. The summed E-state index contributed by atoms with van der Waals surface area (Å²) in [6.45, 7) is 6.71. The van der Waals surface area contributed by atoms with Crippen molar-refractivity contribution in [3.05, 3.63) is 35.9 Å². The molecule has 9 atom stereocenters. The van der Waals surface area contributed by atoms with Crippen molar-refractivity contribution >= 4 is 103 Å². The van der Waals surface area contributed by atoms with Crippen molar-refractivity contribution < 1.29 is 48.3 Å². The topological polar surface area (TPSA) is 425 Å². The Bertz CT molecular complexity index is 2010. The Morgan fingerprint density at radius 1 is 0.583 bits per heavy atom. The Kier molecular flexibility index (Phi) is 30.6. The van der Waals surface area contributed by atoms with Gasteiger partial charge in [0, 0.05) is 36.8 Å². The van der Waals surface area contributed by atoms with Crippen molar-refractivity contribution in [2.75, 3.05) is 36.9 Å². The van der Waals surface area contributed by atoms with Crippen LogP contribution in [-0.4, -0.2) is 155 Å². The van der Waals surface area contributed by atoms with Crippen LogP contribution in [0.1, 0.15) is 71.8 Å². The molecule has 404 valence electrons. The van der Waals surface area contributed by atoms with Gasteiger partial charge in [-0.3, -0.25) is 48.3 Å². The number of guanidine groups is 2. The molecule has 0 fully saturated rings. The van der Waals surface area contributed by atoms with Gasteiger partial charge in [-0.05, 0) is 49.5 Å². The first-order valence-electron chi connectivity index (χ1n) is 23.3. The molecule has 0 aliphatic carbocycles. The number of carbonyl (C=O) groups excluding carboxylic acids is 8.